The number of carboxylic acid groups (broad SMARTS) is 1. The summed E-state index contributed by atoms with van der Waals surface area (Å²) in [5.74, 6) is -1.73. The van der Waals surface area contributed by atoms with Gasteiger partial charge in [0.1, 0.15) is 11.6 Å². The second-order valence-electron chi connectivity index (χ2n) is 9.26. The van der Waals surface area contributed by atoms with Gasteiger partial charge < -0.3 is 14.7 Å². The number of aliphatic carboxylic acids is 1. The molecule has 3 atom stereocenters. The number of nitrogens with zero attached hydrogens (tertiary/aromatic N) is 2. The summed E-state index contributed by atoms with van der Waals surface area (Å²) in [4.78, 5) is 29.9. The number of unbranched alkanes of at least 4 members (excludes halogenated alkanes) is 2. The zero-order valence-electron chi connectivity index (χ0n) is 21.0. The quantitative estimate of drug-likeness (QED) is 0.454. The molecule has 1 saturated heterocycles. The molecule has 1 fully saturated rings. The maximum Gasteiger partial charge on any atom is 0.309 e. The van der Waals surface area contributed by atoms with Gasteiger partial charge in [-0.25, -0.2) is 4.39 Å². The van der Waals surface area contributed by atoms with Gasteiger partial charge >= 0.3 is 5.97 Å². The summed E-state index contributed by atoms with van der Waals surface area (Å²) in [7, 11) is 1.58. The van der Waals surface area contributed by atoms with Crippen molar-refractivity contribution in [3.8, 4) is 5.75 Å². The Kier molecular flexibility index (Phi) is 9.66. The van der Waals surface area contributed by atoms with Gasteiger partial charge in [-0.15, -0.1) is 0 Å². The molecule has 1 amide bonds. The number of carbonyl (C=O) groups excluding carboxylic acids is 1. The zero-order chi connectivity index (χ0) is 25.4. The van der Waals surface area contributed by atoms with E-state index in [1.807, 2.05) is 34.1 Å². The van der Waals surface area contributed by atoms with E-state index >= 15 is 0 Å². The molecule has 0 aliphatic carbocycles. The highest BCUT2D eigenvalue weighted by atomic mass is 19.1. The van der Waals surface area contributed by atoms with E-state index in [1.54, 1.807) is 19.2 Å². The fourth-order valence-corrected chi connectivity index (χ4v) is 4.97. The van der Waals surface area contributed by atoms with Crippen LogP contribution in [0, 0.1) is 11.7 Å². The molecule has 3 unspecified atom stereocenters. The molecule has 190 valence electrons. The number of ether oxygens (including phenoxy) is 1. The van der Waals surface area contributed by atoms with Crippen molar-refractivity contribution >= 4 is 11.9 Å². The van der Waals surface area contributed by atoms with E-state index in [2.05, 4.69) is 13.8 Å². The van der Waals surface area contributed by atoms with E-state index in [0.717, 1.165) is 36.8 Å². The van der Waals surface area contributed by atoms with Gasteiger partial charge in [-0.05, 0) is 48.2 Å². The maximum absolute atomic E-state index is 13.6. The van der Waals surface area contributed by atoms with Crippen LogP contribution < -0.4 is 4.74 Å². The summed E-state index contributed by atoms with van der Waals surface area (Å²) in [5.41, 5.74) is 1.59. The van der Waals surface area contributed by atoms with Crippen LogP contribution in [0.2, 0.25) is 0 Å². The first-order valence-electron chi connectivity index (χ1n) is 12.5. The van der Waals surface area contributed by atoms with E-state index in [1.165, 1.54) is 12.1 Å². The van der Waals surface area contributed by atoms with Crippen LogP contribution in [0.1, 0.15) is 62.6 Å². The molecule has 35 heavy (non-hydrogen) atoms. The highest BCUT2D eigenvalue weighted by Gasteiger charge is 2.48. The van der Waals surface area contributed by atoms with Crippen molar-refractivity contribution in [3.05, 3.63) is 65.5 Å². The molecule has 0 radical (unpaired) electrons. The van der Waals surface area contributed by atoms with Crippen molar-refractivity contribution in [1.29, 1.82) is 0 Å². The van der Waals surface area contributed by atoms with Gasteiger partial charge in [0.05, 0.1) is 19.6 Å². The lowest BCUT2D eigenvalue weighted by Crippen LogP contribution is -2.42. The molecule has 1 aliphatic heterocycles. The Bertz CT molecular complexity index is 956. The van der Waals surface area contributed by atoms with Gasteiger partial charge in [0, 0.05) is 31.6 Å². The monoisotopic (exact) mass is 484 g/mol. The third-order valence-electron chi connectivity index (χ3n) is 6.89. The molecule has 0 spiro atoms. The van der Waals surface area contributed by atoms with Crippen molar-refractivity contribution in [3.63, 3.8) is 0 Å². The van der Waals surface area contributed by atoms with Crippen LogP contribution in [0.4, 0.5) is 4.39 Å². The molecule has 2 aromatic carbocycles. The standard InChI is InChI=1S/C28H37FN2O4/c1-4-6-16-30(17-7-5-2)25(32)19-31-18-24(20-8-12-22(29)13-9-20)26(28(33)34)27(31)21-10-14-23(35-3)15-11-21/h8-15,24,26-27H,4-7,16-19H2,1-3H3,(H,33,34). The number of carboxylic acids is 1. The molecule has 1 aliphatic rings. The number of hydrogen-bond donors (Lipinski definition) is 1. The number of benzene rings is 2. The third-order valence-corrected chi connectivity index (χ3v) is 6.89. The van der Waals surface area contributed by atoms with Crippen molar-refractivity contribution < 1.29 is 23.8 Å². The fourth-order valence-electron chi connectivity index (χ4n) is 4.97. The van der Waals surface area contributed by atoms with Crippen LogP contribution in [-0.2, 0) is 9.59 Å². The predicted molar refractivity (Wildman–Crippen MR) is 134 cm³/mol. The normalized spacial score (nSPS) is 20.1. The molecular weight excluding hydrogens is 447 g/mol. The Morgan fingerprint density at radius 1 is 1.00 bits per heavy atom. The smallest absolute Gasteiger partial charge is 0.309 e. The Morgan fingerprint density at radius 3 is 2.09 bits per heavy atom. The minimum absolute atomic E-state index is 0.0225. The van der Waals surface area contributed by atoms with Crippen molar-refractivity contribution in [2.45, 2.75) is 51.5 Å². The summed E-state index contributed by atoms with van der Waals surface area (Å²) in [6, 6.07) is 12.9. The van der Waals surface area contributed by atoms with Gasteiger partial charge in [0.15, 0.2) is 0 Å². The lowest BCUT2D eigenvalue weighted by atomic mass is 9.83. The Hall–Kier alpha value is -2.93. The SMILES string of the molecule is CCCCN(CCCC)C(=O)CN1CC(c2ccc(F)cc2)C(C(=O)O)C1c1ccc(OC)cc1. The van der Waals surface area contributed by atoms with Crippen LogP contribution in [0.25, 0.3) is 0 Å². The van der Waals surface area contributed by atoms with Crippen LogP contribution >= 0.6 is 0 Å². The van der Waals surface area contributed by atoms with E-state index < -0.39 is 17.9 Å². The fraction of sp³-hybridized carbons (Fsp3) is 0.500. The molecular formula is C28H37FN2O4. The average Bonchev–Trinajstić information content (AvgIpc) is 3.23. The number of amides is 1. The minimum Gasteiger partial charge on any atom is -0.497 e. The second kappa shape index (κ2) is 12.7. The van der Waals surface area contributed by atoms with Crippen LogP contribution in [0.15, 0.2) is 48.5 Å². The summed E-state index contributed by atoms with van der Waals surface area (Å²) in [6.45, 7) is 6.17. The van der Waals surface area contributed by atoms with Crippen molar-refractivity contribution in [2.24, 2.45) is 5.92 Å². The van der Waals surface area contributed by atoms with Gasteiger partial charge in [-0.1, -0.05) is 51.0 Å². The largest absolute Gasteiger partial charge is 0.497 e. The minimum atomic E-state index is -0.927. The molecule has 0 saturated carbocycles. The van der Waals surface area contributed by atoms with Crippen molar-refractivity contribution in [2.75, 3.05) is 33.3 Å². The number of carbonyl (C=O) groups is 2. The molecule has 3 rings (SSSR count). The lowest BCUT2D eigenvalue weighted by Gasteiger charge is -2.30. The first kappa shape index (κ1) is 26.7. The summed E-state index contributed by atoms with van der Waals surface area (Å²) in [5, 5.41) is 10.3. The van der Waals surface area contributed by atoms with E-state index in [-0.39, 0.29) is 24.2 Å². The maximum atomic E-state index is 13.6. The second-order valence-corrected chi connectivity index (χ2v) is 9.26. The summed E-state index contributed by atoms with van der Waals surface area (Å²) >= 11 is 0. The van der Waals surface area contributed by atoms with Gasteiger partial charge in [-0.3, -0.25) is 14.5 Å². The lowest BCUT2D eigenvalue weighted by molar-refractivity contribution is -0.144. The highest BCUT2D eigenvalue weighted by molar-refractivity contribution is 5.79. The van der Waals surface area contributed by atoms with E-state index in [0.29, 0.717) is 25.4 Å². The molecule has 2 aromatic rings. The number of halogens is 1. The third kappa shape index (κ3) is 6.60. The molecule has 6 nitrogen and oxygen atoms in total. The number of methoxy groups -OCH3 is 1. The summed E-state index contributed by atoms with van der Waals surface area (Å²) < 4.78 is 18.9. The Labute approximate surface area is 207 Å². The number of rotatable bonds is 12. The molecule has 0 bridgehead atoms. The van der Waals surface area contributed by atoms with Gasteiger partial charge in [0.2, 0.25) is 5.91 Å². The molecule has 0 aromatic heterocycles. The molecule has 1 N–H and O–H groups in total. The highest BCUT2D eigenvalue weighted by Crippen LogP contribution is 2.46. The van der Waals surface area contributed by atoms with Gasteiger partial charge in [0.25, 0.3) is 0 Å². The number of hydrogen-bond acceptors (Lipinski definition) is 4. The Morgan fingerprint density at radius 2 is 1.57 bits per heavy atom. The van der Waals surface area contributed by atoms with Crippen LogP contribution in [0.5, 0.6) is 5.75 Å². The molecule has 7 heteroatoms. The topological polar surface area (TPSA) is 70.1 Å². The zero-order valence-corrected chi connectivity index (χ0v) is 21.0. The van der Waals surface area contributed by atoms with E-state index in [9.17, 15) is 19.1 Å². The van der Waals surface area contributed by atoms with Crippen LogP contribution in [-0.4, -0.2) is 60.1 Å². The van der Waals surface area contributed by atoms with Gasteiger partial charge in [-0.2, -0.15) is 0 Å². The number of likely N-dealkylation sites (tertiary alicyclic amines) is 1. The average molecular weight is 485 g/mol. The van der Waals surface area contributed by atoms with E-state index in [4.69, 9.17) is 4.74 Å². The van der Waals surface area contributed by atoms with Crippen LogP contribution in [0.3, 0.4) is 0 Å². The molecule has 1 heterocycles. The first-order chi connectivity index (χ1) is 16.9. The predicted octanol–water partition coefficient (Wildman–Crippen LogP) is 5.10. The first-order valence-corrected chi connectivity index (χ1v) is 12.5. The van der Waals surface area contributed by atoms with Crippen molar-refractivity contribution in [1.82, 2.24) is 9.80 Å². The Balaban J connectivity index is 1.95. The summed E-state index contributed by atoms with van der Waals surface area (Å²) in [6.07, 6.45) is 3.88.